The zero-order chi connectivity index (χ0) is 29.4. The van der Waals surface area contributed by atoms with Crippen molar-refractivity contribution >= 4 is 39.1 Å². The summed E-state index contributed by atoms with van der Waals surface area (Å²) < 4.78 is 29.0. The summed E-state index contributed by atoms with van der Waals surface area (Å²) in [6.07, 6.45) is 0.246. The summed E-state index contributed by atoms with van der Waals surface area (Å²) in [6.45, 7) is 1.37. The lowest BCUT2D eigenvalue weighted by atomic mass is 10.0. The Morgan fingerprint density at radius 2 is 1.39 bits per heavy atom. The number of para-hydroxylation sites is 1. The van der Waals surface area contributed by atoms with Gasteiger partial charge in [-0.2, -0.15) is 0 Å². The van der Waals surface area contributed by atoms with E-state index in [0.29, 0.717) is 16.3 Å². The molecule has 41 heavy (non-hydrogen) atoms. The third kappa shape index (κ3) is 7.34. The molecule has 0 saturated carbocycles. The van der Waals surface area contributed by atoms with Gasteiger partial charge >= 0.3 is 0 Å². The van der Waals surface area contributed by atoms with E-state index in [4.69, 9.17) is 11.6 Å². The number of benzene rings is 4. The van der Waals surface area contributed by atoms with Crippen LogP contribution in [0.4, 0.5) is 5.69 Å². The number of hydrogen-bond acceptors (Lipinski definition) is 4. The third-order valence-electron chi connectivity index (χ3n) is 6.78. The quantitative estimate of drug-likeness (QED) is 0.260. The molecule has 1 N–H and O–H groups in total. The van der Waals surface area contributed by atoms with Crippen LogP contribution >= 0.6 is 11.6 Å². The molecular weight excluding hydrogens is 558 g/mol. The van der Waals surface area contributed by atoms with Crippen LogP contribution in [0, 0.1) is 6.92 Å². The number of sulfonamides is 1. The zero-order valence-electron chi connectivity index (χ0n) is 22.9. The molecule has 9 heteroatoms. The molecule has 1 unspecified atom stereocenters. The van der Waals surface area contributed by atoms with Gasteiger partial charge in [0, 0.05) is 25.0 Å². The Kier molecular flexibility index (Phi) is 9.81. The van der Waals surface area contributed by atoms with E-state index in [0.717, 1.165) is 15.4 Å². The van der Waals surface area contributed by atoms with Gasteiger partial charge in [0.25, 0.3) is 10.0 Å². The topological polar surface area (TPSA) is 86.8 Å². The van der Waals surface area contributed by atoms with Gasteiger partial charge in [0.1, 0.15) is 12.6 Å². The van der Waals surface area contributed by atoms with Crippen molar-refractivity contribution < 1.29 is 18.0 Å². The van der Waals surface area contributed by atoms with Crippen LogP contribution < -0.4 is 9.62 Å². The van der Waals surface area contributed by atoms with Crippen molar-refractivity contribution in [2.45, 2.75) is 30.8 Å². The molecule has 4 rings (SSSR count). The predicted molar refractivity (Wildman–Crippen MR) is 162 cm³/mol. The maximum Gasteiger partial charge on any atom is 0.264 e. The minimum absolute atomic E-state index is 0.0624. The van der Waals surface area contributed by atoms with E-state index < -0.39 is 28.5 Å². The lowest BCUT2D eigenvalue weighted by Crippen LogP contribution is -2.53. The van der Waals surface area contributed by atoms with Crippen molar-refractivity contribution in [3.05, 3.63) is 131 Å². The number of nitrogens with zero attached hydrogens (tertiary/aromatic N) is 2. The van der Waals surface area contributed by atoms with E-state index in [-0.39, 0.29) is 23.8 Å². The van der Waals surface area contributed by atoms with Crippen LogP contribution in [-0.2, 0) is 32.6 Å². The summed E-state index contributed by atoms with van der Waals surface area (Å²) >= 11 is 6.10. The van der Waals surface area contributed by atoms with Gasteiger partial charge in [-0.15, -0.1) is 0 Å². The van der Waals surface area contributed by atoms with Crippen molar-refractivity contribution in [3.63, 3.8) is 0 Å². The number of anilines is 1. The number of carbonyl (C=O) groups excluding carboxylic acids is 2. The highest BCUT2D eigenvalue weighted by Gasteiger charge is 2.34. The molecule has 0 fully saturated rings. The Labute approximate surface area is 246 Å². The van der Waals surface area contributed by atoms with Crippen molar-refractivity contribution in [2.24, 2.45) is 0 Å². The van der Waals surface area contributed by atoms with Crippen LogP contribution in [0.15, 0.2) is 114 Å². The average molecular weight is 590 g/mol. The molecule has 1 atom stereocenters. The van der Waals surface area contributed by atoms with E-state index in [1.165, 1.54) is 24.1 Å². The fourth-order valence-corrected chi connectivity index (χ4v) is 6.21. The highest BCUT2D eigenvalue weighted by atomic mass is 35.5. The second kappa shape index (κ2) is 13.5. The van der Waals surface area contributed by atoms with Gasteiger partial charge in [-0.3, -0.25) is 13.9 Å². The van der Waals surface area contributed by atoms with Crippen molar-refractivity contribution in [1.82, 2.24) is 10.2 Å². The van der Waals surface area contributed by atoms with Gasteiger partial charge in [-0.25, -0.2) is 8.42 Å². The van der Waals surface area contributed by atoms with E-state index in [2.05, 4.69) is 5.32 Å². The fourth-order valence-electron chi connectivity index (χ4n) is 4.58. The van der Waals surface area contributed by atoms with Crippen LogP contribution in [0.25, 0.3) is 0 Å². The number of carbonyl (C=O) groups is 2. The molecule has 2 amide bonds. The zero-order valence-corrected chi connectivity index (χ0v) is 24.5. The average Bonchev–Trinajstić information content (AvgIpc) is 2.99. The number of halogens is 1. The van der Waals surface area contributed by atoms with E-state index in [1.807, 2.05) is 36.4 Å². The second-order valence-electron chi connectivity index (χ2n) is 9.58. The first-order valence-corrected chi connectivity index (χ1v) is 15.0. The Morgan fingerprint density at radius 3 is 2.00 bits per heavy atom. The van der Waals surface area contributed by atoms with Crippen LogP contribution in [-0.4, -0.2) is 44.8 Å². The smallest absolute Gasteiger partial charge is 0.264 e. The number of nitrogens with one attached hydrogen (secondary N) is 1. The maximum absolute atomic E-state index is 14.3. The summed E-state index contributed by atoms with van der Waals surface area (Å²) in [4.78, 5) is 29.0. The molecule has 7 nitrogen and oxygen atoms in total. The van der Waals surface area contributed by atoms with Crippen molar-refractivity contribution in [2.75, 3.05) is 17.9 Å². The summed E-state index contributed by atoms with van der Waals surface area (Å²) in [5.74, 6) is -0.878. The minimum atomic E-state index is -4.13. The predicted octanol–water partition coefficient (Wildman–Crippen LogP) is 5.23. The van der Waals surface area contributed by atoms with Crippen LogP contribution in [0.5, 0.6) is 0 Å². The molecule has 0 aliphatic rings. The van der Waals surface area contributed by atoms with Gasteiger partial charge in [0.15, 0.2) is 0 Å². The molecule has 0 heterocycles. The number of amides is 2. The summed E-state index contributed by atoms with van der Waals surface area (Å²) in [5, 5.41) is 3.22. The normalized spacial score (nSPS) is 11.9. The van der Waals surface area contributed by atoms with Gasteiger partial charge in [-0.1, -0.05) is 90.5 Å². The molecule has 0 aliphatic heterocycles. The summed E-state index contributed by atoms with van der Waals surface area (Å²) in [5.41, 5.74) is 2.69. The van der Waals surface area contributed by atoms with Crippen LogP contribution in [0.3, 0.4) is 0 Å². The molecule has 0 saturated heterocycles. The Morgan fingerprint density at radius 1 is 0.805 bits per heavy atom. The second-order valence-corrected chi connectivity index (χ2v) is 11.9. The largest absolute Gasteiger partial charge is 0.357 e. The monoisotopic (exact) mass is 589 g/mol. The lowest BCUT2D eigenvalue weighted by molar-refractivity contribution is -0.139. The molecular formula is C32H32ClN3O4S. The number of likely N-dealkylation sites (N-methyl/N-ethyl adjacent to an activating group) is 1. The molecule has 0 aromatic heterocycles. The molecule has 0 radical (unpaired) electrons. The Hall–Kier alpha value is -4.14. The highest BCUT2D eigenvalue weighted by molar-refractivity contribution is 7.92. The standard InChI is InChI=1S/C32H32ClN3O4S/c1-24-11-9-10-16-29(24)36(41(39,40)28-14-7-4-8-15-28)23-31(37)35(22-26-17-19-27(33)20-18-26)30(32(38)34-2)21-25-12-5-3-6-13-25/h3-20,30H,21-23H2,1-2H3,(H,34,38). The third-order valence-corrected chi connectivity index (χ3v) is 8.80. The number of aryl methyl sites for hydroxylation is 1. The first-order chi connectivity index (χ1) is 19.7. The molecule has 0 bridgehead atoms. The highest BCUT2D eigenvalue weighted by Crippen LogP contribution is 2.27. The van der Waals surface area contributed by atoms with Crippen LogP contribution in [0.1, 0.15) is 16.7 Å². The van der Waals surface area contributed by atoms with Crippen LogP contribution in [0.2, 0.25) is 5.02 Å². The first kappa shape index (κ1) is 29.8. The van der Waals surface area contributed by atoms with Crippen molar-refractivity contribution in [1.29, 1.82) is 0 Å². The van der Waals surface area contributed by atoms with Crippen molar-refractivity contribution in [3.8, 4) is 0 Å². The lowest BCUT2D eigenvalue weighted by Gasteiger charge is -2.34. The molecule has 4 aromatic rings. The molecule has 4 aromatic carbocycles. The summed E-state index contributed by atoms with van der Waals surface area (Å²) in [6, 6.07) is 30.5. The van der Waals surface area contributed by atoms with E-state index >= 15 is 0 Å². The molecule has 0 aliphatic carbocycles. The minimum Gasteiger partial charge on any atom is -0.357 e. The maximum atomic E-state index is 14.3. The van der Waals surface area contributed by atoms with Gasteiger partial charge < -0.3 is 10.2 Å². The first-order valence-electron chi connectivity index (χ1n) is 13.1. The van der Waals surface area contributed by atoms with Gasteiger partial charge in [0.05, 0.1) is 10.6 Å². The van der Waals surface area contributed by atoms with Gasteiger partial charge in [-0.05, 0) is 53.9 Å². The summed E-state index contributed by atoms with van der Waals surface area (Å²) in [7, 11) is -2.61. The Balaban J connectivity index is 1.78. The van der Waals surface area contributed by atoms with Gasteiger partial charge in [0.2, 0.25) is 11.8 Å². The number of hydrogen-bond donors (Lipinski definition) is 1. The fraction of sp³-hybridized carbons (Fsp3) is 0.188. The number of rotatable bonds is 11. The molecule has 212 valence electrons. The van der Waals surface area contributed by atoms with E-state index in [9.17, 15) is 18.0 Å². The SMILES string of the molecule is CNC(=O)C(Cc1ccccc1)N(Cc1ccc(Cl)cc1)C(=O)CN(c1ccccc1C)S(=O)(=O)c1ccccc1. The molecule has 0 spiro atoms. The Bertz CT molecular complexity index is 1580. The van der Waals surface area contributed by atoms with E-state index in [1.54, 1.807) is 67.6 Å².